The van der Waals surface area contributed by atoms with Crippen LogP contribution in [0.25, 0.3) is 0 Å². The van der Waals surface area contributed by atoms with Crippen LogP contribution in [0.5, 0.6) is 0 Å². The summed E-state index contributed by atoms with van der Waals surface area (Å²) in [5.74, 6) is -0.964. The summed E-state index contributed by atoms with van der Waals surface area (Å²) in [6.45, 7) is 3.32. The second-order valence-corrected chi connectivity index (χ2v) is 5.23. The number of hydrogen-bond donors (Lipinski definition) is 2. The first kappa shape index (κ1) is 14.5. The molecule has 1 aromatic rings. The van der Waals surface area contributed by atoms with Gasteiger partial charge in [0.05, 0.1) is 6.54 Å². The van der Waals surface area contributed by atoms with E-state index in [2.05, 4.69) is 5.32 Å². The van der Waals surface area contributed by atoms with E-state index in [1.807, 2.05) is 31.2 Å². The predicted molar refractivity (Wildman–Crippen MR) is 75.3 cm³/mol. The summed E-state index contributed by atoms with van der Waals surface area (Å²) >= 11 is 0. The van der Waals surface area contributed by atoms with E-state index >= 15 is 0 Å². The van der Waals surface area contributed by atoms with Crippen LogP contribution in [0, 0.1) is 6.92 Å². The lowest BCUT2D eigenvalue weighted by molar-refractivity contribution is -0.142. The van der Waals surface area contributed by atoms with Gasteiger partial charge in [-0.1, -0.05) is 29.8 Å². The van der Waals surface area contributed by atoms with E-state index in [4.69, 9.17) is 5.11 Å². The van der Waals surface area contributed by atoms with Gasteiger partial charge in [0.15, 0.2) is 0 Å². The SMILES string of the molecule is Cc1cccc(CNC(=O)CN2CCC[C@@H]2C(=O)O)c1. The summed E-state index contributed by atoms with van der Waals surface area (Å²) in [5, 5.41) is 11.9. The van der Waals surface area contributed by atoms with Crippen LogP contribution in [0.4, 0.5) is 0 Å². The van der Waals surface area contributed by atoms with Gasteiger partial charge >= 0.3 is 5.97 Å². The number of rotatable bonds is 5. The van der Waals surface area contributed by atoms with E-state index < -0.39 is 12.0 Å². The molecule has 20 heavy (non-hydrogen) atoms. The number of nitrogens with zero attached hydrogens (tertiary/aromatic N) is 1. The summed E-state index contributed by atoms with van der Waals surface area (Å²) in [5.41, 5.74) is 2.21. The molecule has 0 aliphatic carbocycles. The fraction of sp³-hybridized carbons (Fsp3) is 0.467. The second kappa shape index (κ2) is 6.52. The van der Waals surface area contributed by atoms with Gasteiger partial charge in [0.2, 0.25) is 5.91 Å². The quantitative estimate of drug-likeness (QED) is 0.846. The number of hydrogen-bond acceptors (Lipinski definition) is 3. The molecule has 5 heteroatoms. The maximum absolute atomic E-state index is 11.9. The van der Waals surface area contributed by atoms with Crippen molar-refractivity contribution in [3.8, 4) is 0 Å². The highest BCUT2D eigenvalue weighted by atomic mass is 16.4. The lowest BCUT2D eigenvalue weighted by Gasteiger charge is -2.20. The van der Waals surface area contributed by atoms with Crippen LogP contribution in [0.3, 0.4) is 0 Å². The number of aliphatic carboxylic acids is 1. The molecule has 108 valence electrons. The van der Waals surface area contributed by atoms with E-state index in [1.54, 1.807) is 4.90 Å². The van der Waals surface area contributed by atoms with Crippen LogP contribution in [-0.2, 0) is 16.1 Å². The van der Waals surface area contributed by atoms with Crippen molar-refractivity contribution in [2.75, 3.05) is 13.1 Å². The third-order valence-corrected chi connectivity index (χ3v) is 3.57. The van der Waals surface area contributed by atoms with E-state index in [1.165, 1.54) is 0 Å². The number of carbonyl (C=O) groups excluding carboxylic acids is 1. The first-order valence-electron chi connectivity index (χ1n) is 6.85. The number of aryl methyl sites for hydroxylation is 1. The molecular weight excluding hydrogens is 256 g/mol. The standard InChI is InChI=1S/C15H20N2O3/c1-11-4-2-5-12(8-11)9-16-14(18)10-17-7-3-6-13(17)15(19)20/h2,4-5,8,13H,3,6-7,9-10H2,1H3,(H,16,18)(H,19,20)/t13-/m1/s1. The van der Waals surface area contributed by atoms with Gasteiger partial charge in [0.1, 0.15) is 6.04 Å². The third-order valence-electron chi connectivity index (χ3n) is 3.57. The number of likely N-dealkylation sites (tertiary alicyclic amines) is 1. The molecule has 0 unspecified atom stereocenters. The fourth-order valence-electron chi connectivity index (χ4n) is 2.56. The summed E-state index contributed by atoms with van der Waals surface area (Å²) in [4.78, 5) is 24.6. The van der Waals surface area contributed by atoms with E-state index in [9.17, 15) is 9.59 Å². The zero-order valence-corrected chi connectivity index (χ0v) is 11.6. The van der Waals surface area contributed by atoms with Crippen LogP contribution in [-0.4, -0.2) is 41.0 Å². The zero-order chi connectivity index (χ0) is 14.5. The lowest BCUT2D eigenvalue weighted by Crippen LogP contribution is -2.42. The molecule has 1 aliphatic heterocycles. The van der Waals surface area contributed by atoms with Gasteiger partial charge in [0.25, 0.3) is 0 Å². The summed E-state index contributed by atoms with van der Waals surface area (Å²) in [6, 6.07) is 7.43. The highest BCUT2D eigenvalue weighted by molar-refractivity contribution is 5.80. The predicted octanol–water partition coefficient (Wildman–Crippen LogP) is 1.16. The smallest absolute Gasteiger partial charge is 0.320 e. The highest BCUT2D eigenvalue weighted by Gasteiger charge is 2.31. The molecule has 2 N–H and O–H groups in total. The molecule has 2 rings (SSSR count). The molecule has 0 bridgehead atoms. The van der Waals surface area contributed by atoms with E-state index in [0.717, 1.165) is 17.5 Å². The molecule has 1 atom stereocenters. The summed E-state index contributed by atoms with van der Waals surface area (Å²) in [7, 11) is 0. The highest BCUT2D eigenvalue weighted by Crippen LogP contribution is 2.16. The van der Waals surface area contributed by atoms with E-state index in [0.29, 0.717) is 19.5 Å². The Kier molecular flexibility index (Phi) is 4.74. The Hall–Kier alpha value is -1.88. The van der Waals surface area contributed by atoms with Crippen LogP contribution in [0.1, 0.15) is 24.0 Å². The van der Waals surface area contributed by atoms with Gasteiger partial charge in [-0.3, -0.25) is 14.5 Å². The first-order valence-corrected chi connectivity index (χ1v) is 6.85. The van der Waals surface area contributed by atoms with Crippen molar-refractivity contribution in [1.29, 1.82) is 0 Å². The summed E-state index contributed by atoms with van der Waals surface area (Å²) < 4.78 is 0. The molecule has 1 fully saturated rings. The first-order chi connectivity index (χ1) is 9.56. The molecule has 1 aliphatic rings. The number of amides is 1. The van der Waals surface area contributed by atoms with Gasteiger partial charge in [-0.15, -0.1) is 0 Å². The van der Waals surface area contributed by atoms with Crippen LogP contribution in [0.2, 0.25) is 0 Å². The molecule has 0 saturated carbocycles. The van der Waals surface area contributed by atoms with Gasteiger partial charge in [-0.2, -0.15) is 0 Å². The minimum absolute atomic E-state index is 0.125. The largest absolute Gasteiger partial charge is 0.480 e. The monoisotopic (exact) mass is 276 g/mol. The minimum Gasteiger partial charge on any atom is -0.480 e. The van der Waals surface area contributed by atoms with Crippen molar-refractivity contribution in [3.63, 3.8) is 0 Å². The van der Waals surface area contributed by atoms with Crippen LogP contribution >= 0.6 is 0 Å². The van der Waals surface area contributed by atoms with Gasteiger partial charge in [-0.25, -0.2) is 0 Å². The zero-order valence-electron chi connectivity index (χ0n) is 11.6. The van der Waals surface area contributed by atoms with E-state index in [-0.39, 0.29) is 12.5 Å². The topological polar surface area (TPSA) is 69.6 Å². The Bertz CT molecular complexity index is 502. The molecule has 5 nitrogen and oxygen atoms in total. The number of nitrogens with one attached hydrogen (secondary N) is 1. The number of benzene rings is 1. The van der Waals surface area contributed by atoms with Crippen molar-refractivity contribution in [2.24, 2.45) is 0 Å². The Labute approximate surface area is 118 Å². The average molecular weight is 276 g/mol. The van der Waals surface area contributed by atoms with Crippen molar-refractivity contribution in [1.82, 2.24) is 10.2 Å². The van der Waals surface area contributed by atoms with Crippen LogP contribution < -0.4 is 5.32 Å². The van der Waals surface area contributed by atoms with Crippen molar-refractivity contribution < 1.29 is 14.7 Å². The Balaban J connectivity index is 1.82. The van der Waals surface area contributed by atoms with Gasteiger partial charge in [0, 0.05) is 6.54 Å². The Morgan fingerprint density at radius 1 is 1.45 bits per heavy atom. The maximum atomic E-state index is 11.9. The lowest BCUT2D eigenvalue weighted by atomic mass is 10.1. The Morgan fingerprint density at radius 3 is 2.95 bits per heavy atom. The molecule has 1 amide bonds. The van der Waals surface area contributed by atoms with Gasteiger partial charge in [-0.05, 0) is 31.9 Å². The normalized spacial score (nSPS) is 18.9. The molecule has 0 spiro atoms. The minimum atomic E-state index is -0.839. The van der Waals surface area contributed by atoms with Crippen molar-refractivity contribution in [3.05, 3.63) is 35.4 Å². The second-order valence-electron chi connectivity index (χ2n) is 5.23. The summed E-state index contributed by atoms with van der Waals surface area (Å²) in [6.07, 6.45) is 1.46. The molecule has 1 saturated heterocycles. The number of carbonyl (C=O) groups is 2. The number of carboxylic acids is 1. The molecule has 1 heterocycles. The van der Waals surface area contributed by atoms with Crippen molar-refractivity contribution >= 4 is 11.9 Å². The molecular formula is C15H20N2O3. The fourth-order valence-corrected chi connectivity index (χ4v) is 2.56. The maximum Gasteiger partial charge on any atom is 0.320 e. The average Bonchev–Trinajstić information content (AvgIpc) is 2.85. The molecule has 0 radical (unpaired) electrons. The van der Waals surface area contributed by atoms with Crippen molar-refractivity contribution in [2.45, 2.75) is 32.4 Å². The van der Waals surface area contributed by atoms with Crippen LogP contribution in [0.15, 0.2) is 24.3 Å². The molecule has 1 aromatic carbocycles. The Morgan fingerprint density at radius 2 is 2.25 bits per heavy atom. The number of carboxylic acid groups (broad SMARTS) is 1. The van der Waals surface area contributed by atoms with Gasteiger partial charge < -0.3 is 10.4 Å². The third kappa shape index (κ3) is 3.81. The molecule has 0 aromatic heterocycles.